The third kappa shape index (κ3) is 3.75. The number of pyridine rings is 1. The first-order valence-corrected chi connectivity index (χ1v) is 10.8. The van der Waals surface area contributed by atoms with Gasteiger partial charge in [-0.05, 0) is 61.2 Å². The lowest BCUT2D eigenvalue weighted by Gasteiger charge is -2.12. The highest BCUT2D eigenvalue weighted by Crippen LogP contribution is 2.30. The molecule has 0 saturated heterocycles. The molecule has 0 amide bonds. The molecule has 0 aliphatic carbocycles. The van der Waals surface area contributed by atoms with E-state index in [4.69, 9.17) is 4.74 Å². The number of thioether (sulfide) groups is 1. The van der Waals surface area contributed by atoms with Gasteiger partial charge in [-0.2, -0.15) is 0 Å². The Bertz CT molecular complexity index is 1420. The van der Waals surface area contributed by atoms with Gasteiger partial charge in [0.05, 0.1) is 16.1 Å². The van der Waals surface area contributed by atoms with Gasteiger partial charge in [0.1, 0.15) is 28.9 Å². The second kappa shape index (κ2) is 7.84. The fourth-order valence-corrected chi connectivity index (χ4v) is 3.70. The molecule has 5 rings (SSSR count). The number of nitrogens with one attached hydrogen (secondary N) is 1. The van der Waals surface area contributed by atoms with Gasteiger partial charge in [0.25, 0.3) is 0 Å². The Morgan fingerprint density at radius 3 is 2.74 bits per heavy atom. The summed E-state index contributed by atoms with van der Waals surface area (Å²) in [6.07, 6.45) is 3.54. The molecule has 9 heteroatoms. The van der Waals surface area contributed by atoms with Crippen molar-refractivity contribution in [1.29, 1.82) is 0 Å². The van der Waals surface area contributed by atoms with E-state index in [0.717, 1.165) is 44.1 Å². The molecule has 5 aromatic rings. The summed E-state index contributed by atoms with van der Waals surface area (Å²) in [6, 6.07) is 15.6. The highest BCUT2D eigenvalue weighted by atomic mass is 32.2. The number of nitrogens with zero attached hydrogens (tertiary/aromatic N) is 6. The molecule has 154 valence electrons. The minimum Gasteiger partial charge on any atom is -0.457 e. The predicted octanol–water partition coefficient (Wildman–Crippen LogP) is 4.87. The van der Waals surface area contributed by atoms with Gasteiger partial charge < -0.3 is 10.1 Å². The number of aryl methyl sites for hydroxylation is 2. The number of aromatic nitrogens is 6. The van der Waals surface area contributed by atoms with Crippen LogP contribution in [0.2, 0.25) is 0 Å². The van der Waals surface area contributed by atoms with Gasteiger partial charge in [-0.15, -0.1) is 16.9 Å². The van der Waals surface area contributed by atoms with E-state index >= 15 is 0 Å². The molecule has 8 nitrogen and oxygen atoms in total. The van der Waals surface area contributed by atoms with Crippen molar-refractivity contribution in [2.75, 3.05) is 11.6 Å². The van der Waals surface area contributed by atoms with Crippen molar-refractivity contribution in [3.8, 4) is 11.5 Å². The van der Waals surface area contributed by atoms with Crippen molar-refractivity contribution in [1.82, 2.24) is 29.9 Å². The summed E-state index contributed by atoms with van der Waals surface area (Å²) < 4.78 is 7.82. The average molecular weight is 430 g/mol. The van der Waals surface area contributed by atoms with Crippen LogP contribution in [0.4, 0.5) is 11.5 Å². The van der Waals surface area contributed by atoms with Crippen molar-refractivity contribution < 1.29 is 4.74 Å². The molecule has 0 saturated carbocycles. The summed E-state index contributed by atoms with van der Waals surface area (Å²) >= 11 is 1.59. The van der Waals surface area contributed by atoms with Crippen LogP contribution in [0, 0.1) is 6.92 Å². The SMILES string of the molecule is CSc1ccc2ncnc(Nc3ccc(Oc4ccc5c(c4)nnn5C)c(C)c3)c2n1. The van der Waals surface area contributed by atoms with E-state index in [1.165, 1.54) is 6.33 Å². The van der Waals surface area contributed by atoms with E-state index in [0.29, 0.717) is 11.6 Å². The van der Waals surface area contributed by atoms with E-state index in [9.17, 15) is 0 Å². The number of ether oxygens (including phenoxy) is 1. The van der Waals surface area contributed by atoms with E-state index in [-0.39, 0.29) is 0 Å². The Morgan fingerprint density at radius 2 is 1.90 bits per heavy atom. The zero-order valence-corrected chi connectivity index (χ0v) is 18.0. The van der Waals surface area contributed by atoms with Crippen LogP contribution in [-0.2, 0) is 7.05 Å². The largest absolute Gasteiger partial charge is 0.457 e. The molecule has 1 N–H and O–H groups in total. The van der Waals surface area contributed by atoms with Crippen molar-refractivity contribution in [2.45, 2.75) is 11.9 Å². The molecule has 0 aliphatic rings. The first-order chi connectivity index (χ1) is 15.1. The molecular formula is C22H19N7OS. The molecule has 0 aliphatic heterocycles. The third-order valence-electron chi connectivity index (χ3n) is 4.91. The Morgan fingerprint density at radius 1 is 1.00 bits per heavy atom. The predicted molar refractivity (Wildman–Crippen MR) is 122 cm³/mol. The second-order valence-electron chi connectivity index (χ2n) is 7.01. The second-order valence-corrected chi connectivity index (χ2v) is 7.84. The Kier molecular flexibility index (Phi) is 4.87. The average Bonchev–Trinajstić information content (AvgIpc) is 3.15. The first kappa shape index (κ1) is 19.3. The zero-order valence-electron chi connectivity index (χ0n) is 17.2. The topological polar surface area (TPSA) is 90.6 Å². The summed E-state index contributed by atoms with van der Waals surface area (Å²) in [7, 11) is 1.87. The smallest absolute Gasteiger partial charge is 0.160 e. The maximum absolute atomic E-state index is 6.09. The van der Waals surface area contributed by atoms with Gasteiger partial charge in [-0.1, -0.05) is 5.21 Å². The summed E-state index contributed by atoms with van der Waals surface area (Å²) in [5.74, 6) is 2.15. The summed E-state index contributed by atoms with van der Waals surface area (Å²) in [5, 5.41) is 12.5. The lowest BCUT2D eigenvalue weighted by molar-refractivity contribution is 0.479. The monoisotopic (exact) mass is 429 g/mol. The molecule has 3 heterocycles. The molecule has 0 unspecified atom stereocenters. The maximum Gasteiger partial charge on any atom is 0.160 e. The number of rotatable bonds is 5. The van der Waals surface area contributed by atoms with Gasteiger partial charge in [0.15, 0.2) is 5.82 Å². The lowest BCUT2D eigenvalue weighted by atomic mass is 10.2. The van der Waals surface area contributed by atoms with Crippen LogP contribution in [0.5, 0.6) is 11.5 Å². The molecular weight excluding hydrogens is 410 g/mol. The number of benzene rings is 2. The van der Waals surface area contributed by atoms with Crippen LogP contribution in [0.1, 0.15) is 5.56 Å². The van der Waals surface area contributed by atoms with Gasteiger partial charge >= 0.3 is 0 Å². The molecule has 0 bridgehead atoms. The quantitative estimate of drug-likeness (QED) is 0.396. The number of hydrogen-bond donors (Lipinski definition) is 1. The summed E-state index contributed by atoms with van der Waals surface area (Å²) in [5.41, 5.74) is 5.17. The van der Waals surface area contributed by atoms with E-state index in [1.807, 2.05) is 68.8 Å². The minimum absolute atomic E-state index is 0.669. The summed E-state index contributed by atoms with van der Waals surface area (Å²) in [4.78, 5) is 13.3. The van der Waals surface area contributed by atoms with E-state index in [2.05, 4.69) is 30.6 Å². The van der Waals surface area contributed by atoms with Crippen LogP contribution < -0.4 is 10.1 Å². The molecule has 3 aromatic heterocycles. The highest BCUT2D eigenvalue weighted by Gasteiger charge is 2.10. The number of fused-ring (bicyclic) bond motifs is 2. The molecule has 0 fully saturated rings. The first-order valence-electron chi connectivity index (χ1n) is 9.61. The van der Waals surface area contributed by atoms with E-state index < -0.39 is 0 Å². The van der Waals surface area contributed by atoms with Crippen LogP contribution in [0.25, 0.3) is 22.1 Å². The lowest BCUT2D eigenvalue weighted by Crippen LogP contribution is -1.99. The van der Waals surface area contributed by atoms with Crippen molar-refractivity contribution in [3.05, 3.63) is 60.4 Å². The Hall–Kier alpha value is -3.72. The molecule has 0 atom stereocenters. The van der Waals surface area contributed by atoms with Crippen LogP contribution in [0.15, 0.2) is 59.9 Å². The van der Waals surface area contributed by atoms with Crippen LogP contribution >= 0.6 is 11.8 Å². The highest BCUT2D eigenvalue weighted by molar-refractivity contribution is 7.98. The van der Waals surface area contributed by atoms with Gasteiger partial charge in [0, 0.05) is 18.8 Å². The molecule has 2 aromatic carbocycles. The van der Waals surface area contributed by atoms with Gasteiger partial charge in [0.2, 0.25) is 0 Å². The number of hydrogen-bond acceptors (Lipinski definition) is 8. The van der Waals surface area contributed by atoms with Gasteiger partial charge in [-0.3, -0.25) is 0 Å². The number of anilines is 2. The van der Waals surface area contributed by atoms with Crippen LogP contribution in [-0.4, -0.2) is 36.2 Å². The van der Waals surface area contributed by atoms with Crippen molar-refractivity contribution in [2.24, 2.45) is 7.05 Å². The fraction of sp³-hybridized carbons (Fsp3) is 0.136. The molecule has 0 spiro atoms. The minimum atomic E-state index is 0.669. The Labute approximate surface area is 182 Å². The fourth-order valence-electron chi connectivity index (χ4n) is 3.32. The van der Waals surface area contributed by atoms with E-state index in [1.54, 1.807) is 16.4 Å². The van der Waals surface area contributed by atoms with Crippen molar-refractivity contribution in [3.63, 3.8) is 0 Å². The van der Waals surface area contributed by atoms with Gasteiger partial charge in [-0.25, -0.2) is 19.6 Å². The normalized spacial score (nSPS) is 11.2. The Balaban J connectivity index is 1.41. The third-order valence-corrected chi connectivity index (χ3v) is 5.56. The van der Waals surface area contributed by atoms with Crippen molar-refractivity contribution >= 4 is 45.3 Å². The maximum atomic E-state index is 6.09. The summed E-state index contributed by atoms with van der Waals surface area (Å²) in [6.45, 7) is 2.00. The zero-order chi connectivity index (χ0) is 21.4. The van der Waals surface area contributed by atoms with Crippen LogP contribution in [0.3, 0.4) is 0 Å². The molecule has 0 radical (unpaired) electrons. The standard InChI is InChI=1S/C22H19N7OS/c1-13-10-14(25-22-21-16(23-12-24-22)6-9-20(26-21)31-3)4-8-19(13)30-15-5-7-18-17(11-15)27-28-29(18)2/h4-12H,1-3H3,(H,23,24,25). The molecule has 31 heavy (non-hydrogen) atoms.